The van der Waals surface area contributed by atoms with Gasteiger partial charge in [-0.05, 0) is 49.1 Å². The highest BCUT2D eigenvalue weighted by Gasteiger charge is 2.27. The van der Waals surface area contributed by atoms with Gasteiger partial charge in [0.15, 0.2) is 5.82 Å². The van der Waals surface area contributed by atoms with E-state index in [1.807, 2.05) is 0 Å². The molecule has 0 amide bonds. The van der Waals surface area contributed by atoms with Gasteiger partial charge in [-0.25, -0.2) is 4.39 Å². The molecule has 0 heterocycles. The van der Waals surface area contributed by atoms with Crippen molar-refractivity contribution in [2.24, 2.45) is 11.3 Å². The van der Waals surface area contributed by atoms with Crippen LogP contribution >= 0.6 is 23.2 Å². The molecule has 2 unspecified atom stereocenters. The van der Waals surface area contributed by atoms with Gasteiger partial charge in [-0.3, -0.25) is 0 Å². The maximum Gasteiger partial charge on any atom is 0.160 e. The van der Waals surface area contributed by atoms with Gasteiger partial charge in [0.25, 0.3) is 0 Å². The average Bonchev–Trinajstić information content (AvgIpc) is 2.61. The van der Waals surface area contributed by atoms with E-state index in [2.05, 4.69) is 26.1 Å². The summed E-state index contributed by atoms with van der Waals surface area (Å²) in [6.45, 7) is 6.97. The molecule has 118 valence electrons. The Morgan fingerprint density at radius 1 is 1.05 bits per heavy atom. The van der Waals surface area contributed by atoms with Gasteiger partial charge < -0.3 is 5.32 Å². The van der Waals surface area contributed by atoms with Gasteiger partial charge in [0.1, 0.15) is 0 Å². The highest BCUT2D eigenvalue weighted by molar-refractivity contribution is 6.35. The monoisotopic (exact) mass is 331 g/mol. The minimum atomic E-state index is -0.544. The zero-order chi connectivity index (χ0) is 15.6. The average molecular weight is 332 g/mol. The summed E-state index contributed by atoms with van der Waals surface area (Å²) in [4.78, 5) is 0. The predicted molar refractivity (Wildman–Crippen MR) is 89.9 cm³/mol. The van der Waals surface area contributed by atoms with E-state index in [1.165, 1.54) is 19.3 Å². The first kappa shape index (κ1) is 16.9. The molecule has 2 atom stereocenters. The Morgan fingerprint density at radius 2 is 1.67 bits per heavy atom. The van der Waals surface area contributed by atoms with Crippen LogP contribution in [0.15, 0.2) is 12.1 Å². The lowest BCUT2D eigenvalue weighted by Gasteiger charge is -2.29. The van der Waals surface area contributed by atoms with Gasteiger partial charge in [-0.1, -0.05) is 50.4 Å². The minimum absolute atomic E-state index is 0.0752. The first-order valence-electron chi connectivity index (χ1n) is 7.68. The number of benzene rings is 1. The number of nitrogens with one attached hydrogen (secondary N) is 1. The Kier molecular flexibility index (Phi) is 5.43. The van der Waals surface area contributed by atoms with E-state index in [-0.39, 0.29) is 10.0 Å². The molecule has 0 aromatic heterocycles. The Labute approximate surface area is 137 Å². The normalized spacial score (nSPS) is 23.7. The van der Waals surface area contributed by atoms with Crippen LogP contribution in [0.4, 0.5) is 10.1 Å². The molecule has 1 aliphatic rings. The van der Waals surface area contributed by atoms with Crippen LogP contribution in [0, 0.1) is 17.2 Å². The van der Waals surface area contributed by atoms with E-state index < -0.39 is 5.82 Å². The first-order valence-corrected chi connectivity index (χ1v) is 8.44. The summed E-state index contributed by atoms with van der Waals surface area (Å²) in [5, 5.41) is 3.62. The Bertz CT molecular complexity index is 473. The largest absolute Gasteiger partial charge is 0.382 e. The number of hydrogen-bond donors (Lipinski definition) is 1. The third-order valence-electron chi connectivity index (χ3n) is 4.55. The van der Waals surface area contributed by atoms with Crippen molar-refractivity contribution in [1.29, 1.82) is 0 Å². The fourth-order valence-corrected chi connectivity index (χ4v) is 3.67. The summed E-state index contributed by atoms with van der Waals surface area (Å²) < 4.78 is 13.4. The molecule has 1 N–H and O–H groups in total. The molecule has 2 rings (SSSR count). The molecule has 1 saturated carbocycles. The van der Waals surface area contributed by atoms with Crippen molar-refractivity contribution in [3.63, 3.8) is 0 Å². The van der Waals surface area contributed by atoms with Crippen molar-refractivity contribution in [1.82, 2.24) is 0 Å². The van der Waals surface area contributed by atoms with Gasteiger partial charge >= 0.3 is 0 Å². The van der Waals surface area contributed by atoms with Crippen molar-refractivity contribution in [3.8, 4) is 0 Å². The molecule has 1 aromatic carbocycles. The molecule has 1 nitrogen and oxygen atoms in total. The van der Waals surface area contributed by atoms with E-state index in [9.17, 15) is 4.39 Å². The van der Waals surface area contributed by atoms with Crippen LogP contribution in [0.5, 0.6) is 0 Å². The van der Waals surface area contributed by atoms with Crippen molar-refractivity contribution in [2.75, 3.05) is 5.32 Å². The lowest BCUT2D eigenvalue weighted by Crippen LogP contribution is -2.21. The van der Waals surface area contributed by atoms with Gasteiger partial charge in [0.05, 0.1) is 10.0 Å². The molecule has 1 aliphatic carbocycles. The summed E-state index contributed by atoms with van der Waals surface area (Å²) in [5.41, 5.74) is 1.18. The van der Waals surface area contributed by atoms with Crippen LogP contribution in [0.2, 0.25) is 10.0 Å². The van der Waals surface area contributed by atoms with Crippen molar-refractivity contribution < 1.29 is 4.39 Å². The molecular formula is C17H24Cl2FN. The predicted octanol–water partition coefficient (Wildman–Crippen LogP) is 6.54. The van der Waals surface area contributed by atoms with E-state index in [0.717, 1.165) is 24.4 Å². The lowest BCUT2D eigenvalue weighted by atomic mass is 9.76. The fourth-order valence-electron chi connectivity index (χ4n) is 3.19. The van der Waals surface area contributed by atoms with Crippen LogP contribution in [-0.4, -0.2) is 6.04 Å². The molecule has 1 aromatic rings. The van der Waals surface area contributed by atoms with Crippen LogP contribution < -0.4 is 5.32 Å². The Balaban J connectivity index is 2.01. The van der Waals surface area contributed by atoms with E-state index in [1.54, 1.807) is 12.1 Å². The molecule has 0 aliphatic heterocycles. The van der Waals surface area contributed by atoms with Crippen LogP contribution in [0.1, 0.15) is 52.9 Å². The second kappa shape index (κ2) is 6.75. The molecule has 0 spiro atoms. The zero-order valence-corrected chi connectivity index (χ0v) is 14.5. The third-order valence-corrected chi connectivity index (χ3v) is 5.10. The fraction of sp³-hybridized carbons (Fsp3) is 0.647. The quantitative estimate of drug-likeness (QED) is 0.479. The molecule has 0 saturated heterocycles. The van der Waals surface area contributed by atoms with E-state index >= 15 is 0 Å². The molecular weight excluding hydrogens is 308 g/mol. The molecule has 0 bridgehead atoms. The molecule has 0 radical (unpaired) electrons. The highest BCUT2D eigenvalue weighted by Crippen LogP contribution is 2.37. The van der Waals surface area contributed by atoms with Crippen molar-refractivity contribution in [2.45, 2.75) is 58.9 Å². The van der Waals surface area contributed by atoms with Gasteiger partial charge in [-0.15, -0.1) is 0 Å². The summed E-state index contributed by atoms with van der Waals surface area (Å²) in [7, 11) is 0. The number of rotatable bonds is 2. The second-order valence-corrected chi connectivity index (χ2v) is 7.98. The highest BCUT2D eigenvalue weighted by atomic mass is 35.5. The lowest BCUT2D eigenvalue weighted by molar-refractivity contribution is 0.214. The molecule has 1 fully saturated rings. The number of hydrogen-bond acceptors (Lipinski definition) is 1. The maximum atomic E-state index is 13.4. The topological polar surface area (TPSA) is 12.0 Å². The van der Waals surface area contributed by atoms with Crippen molar-refractivity contribution in [3.05, 3.63) is 28.0 Å². The summed E-state index contributed by atoms with van der Waals surface area (Å²) in [5.74, 6) is 0.224. The summed E-state index contributed by atoms with van der Waals surface area (Å²) >= 11 is 11.7. The van der Waals surface area contributed by atoms with Crippen LogP contribution in [0.3, 0.4) is 0 Å². The standard InChI is InChI=1S/C17H24Cl2FN/c1-17(2,3)11-5-4-6-12(8-7-11)21-13-9-14(18)16(20)15(19)10-13/h9-12,21H,4-8H2,1-3H3. The zero-order valence-electron chi connectivity index (χ0n) is 13.0. The third kappa shape index (κ3) is 4.50. The second-order valence-electron chi connectivity index (χ2n) is 7.17. The van der Waals surface area contributed by atoms with E-state index in [4.69, 9.17) is 23.2 Å². The number of halogens is 3. The molecule has 21 heavy (non-hydrogen) atoms. The maximum absolute atomic E-state index is 13.4. The van der Waals surface area contributed by atoms with Crippen LogP contribution in [-0.2, 0) is 0 Å². The smallest absolute Gasteiger partial charge is 0.160 e. The Morgan fingerprint density at radius 3 is 2.24 bits per heavy atom. The minimum Gasteiger partial charge on any atom is -0.382 e. The van der Waals surface area contributed by atoms with E-state index in [0.29, 0.717) is 11.5 Å². The Hall–Kier alpha value is -0.470. The SMILES string of the molecule is CC(C)(C)C1CCCC(Nc2cc(Cl)c(F)c(Cl)c2)CC1. The first-order chi connectivity index (χ1) is 9.77. The van der Waals surface area contributed by atoms with Gasteiger partial charge in [0, 0.05) is 11.7 Å². The van der Waals surface area contributed by atoms with Crippen LogP contribution in [0.25, 0.3) is 0 Å². The molecule has 4 heteroatoms. The number of anilines is 1. The van der Waals surface area contributed by atoms with Crippen molar-refractivity contribution >= 4 is 28.9 Å². The van der Waals surface area contributed by atoms with Gasteiger partial charge in [0.2, 0.25) is 0 Å². The summed E-state index contributed by atoms with van der Waals surface area (Å²) in [6, 6.07) is 3.65. The van der Waals surface area contributed by atoms with Gasteiger partial charge in [-0.2, -0.15) is 0 Å². The summed E-state index contributed by atoms with van der Waals surface area (Å²) in [6.07, 6.45) is 6.01.